The molecule has 0 aliphatic heterocycles. The first-order valence-electron chi connectivity index (χ1n) is 9.99. The van der Waals surface area contributed by atoms with Crippen LogP contribution in [0.1, 0.15) is 26.2 Å². The van der Waals surface area contributed by atoms with Gasteiger partial charge in [-0.1, -0.05) is 43.5 Å². The zero-order valence-corrected chi connectivity index (χ0v) is 17.8. The van der Waals surface area contributed by atoms with Crippen LogP contribution in [0.2, 0.25) is 5.02 Å². The number of aryl methyl sites for hydroxylation is 1. The van der Waals surface area contributed by atoms with Crippen LogP contribution >= 0.6 is 11.6 Å². The molecule has 0 bridgehead atoms. The first-order valence-corrected chi connectivity index (χ1v) is 10.4. The van der Waals surface area contributed by atoms with Gasteiger partial charge in [-0.3, -0.25) is 14.2 Å². The number of unbranched alkanes of at least 4 members (excludes halogenated alkanes) is 2. The van der Waals surface area contributed by atoms with Crippen molar-refractivity contribution < 1.29 is 4.74 Å². The molecule has 4 rings (SSSR count). The molecular formula is C23H23ClN4O2. The lowest BCUT2D eigenvalue weighted by molar-refractivity contribution is 0.415. The highest BCUT2D eigenvalue weighted by molar-refractivity contribution is 6.30. The first-order chi connectivity index (χ1) is 14.6. The number of ether oxygens (including phenoxy) is 1. The Kier molecular flexibility index (Phi) is 5.86. The molecule has 7 heteroatoms. The average molecular weight is 423 g/mol. The van der Waals surface area contributed by atoms with Gasteiger partial charge in [0.15, 0.2) is 0 Å². The summed E-state index contributed by atoms with van der Waals surface area (Å²) in [5.74, 6) is 1.27. The molecule has 0 aliphatic rings. The van der Waals surface area contributed by atoms with Crippen molar-refractivity contribution in [2.24, 2.45) is 0 Å². The van der Waals surface area contributed by atoms with Gasteiger partial charge in [0.2, 0.25) is 5.78 Å². The van der Waals surface area contributed by atoms with Crippen LogP contribution in [0.4, 0.5) is 0 Å². The summed E-state index contributed by atoms with van der Waals surface area (Å²) in [4.78, 5) is 22.0. The first kappa shape index (κ1) is 20.2. The van der Waals surface area contributed by atoms with Gasteiger partial charge in [0.25, 0.3) is 5.56 Å². The van der Waals surface area contributed by atoms with Crippen molar-refractivity contribution in [2.45, 2.75) is 32.7 Å². The Balaban J connectivity index is 1.94. The number of fused-ring (bicyclic) bond motifs is 1. The molecule has 0 atom stereocenters. The SMILES string of the molecule is CCCCCn1c(-c2cnccc2OC)cc(=O)n2cc(-c3ccc(Cl)cc3)nc12. The molecule has 0 aliphatic carbocycles. The number of nitrogens with zero attached hydrogens (tertiary/aromatic N) is 4. The third-order valence-corrected chi connectivity index (χ3v) is 5.37. The minimum Gasteiger partial charge on any atom is -0.496 e. The fourth-order valence-electron chi connectivity index (χ4n) is 3.57. The van der Waals surface area contributed by atoms with Gasteiger partial charge < -0.3 is 9.30 Å². The quantitative estimate of drug-likeness (QED) is 0.390. The molecule has 4 aromatic rings. The topological polar surface area (TPSA) is 61.4 Å². The number of methoxy groups -OCH3 is 1. The van der Waals surface area contributed by atoms with Gasteiger partial charge in [-0.05, 0) is 24.6 Å². The summed E-state index contributed by atoms with van der Waals surface area (Å²) >= 11 is 6.02. The van der Waals surface area contributed by atoms with Crippen molar-refractivity contribution in [3.8, 4) is 28.3 Å². The van der Waals surface area contributed by atoms with Gasteiger partial charge >= 0.3 is 0 Å². The second kappa shape index (κ2) is 8.71. The van der Waals surface area contributed by atoms with Crippen molar-refractivity contribution in [3.63, 3.8) is 0 Å². The van der Waals surface area contributed by atoms with Crippen LogP contribution < -0.4 is 10.3 Å². The number of halogens is 1. The van der Waals surface area contributed by atoms with Crippen LogP contribution in [-0.2, 0) is 6.54 Å². The Hall–Kier alpha value is -3.12. The molecule has 0 amide bonds. The second-order valence-corrected chi connectivity index (χ2v) is 7.54. The van der Waals surface area contributed by atoms with E-state index in [9.17, 15) is 4.79 Å². The van der Waals surface area contributed by atoms with E-state index in [0.717, 1.165) is 48.3 Å². The monoisotopic (exact) mass is 422 g/mol. The van der Waals surface area contributed by atoms with Crippen molar-refractivity contribution in [2.75, 3.05) is 7.11 Å². The van der Waals surface area contributed by atoms with E-state index in [2.05, 4.69) is 16.5 Å². The van der Waals surface area contributed by atoms with Crippen LogP contribution in [-0.4, -0.2) is 26.0 Å². The molecule has 0 fully saturated rings. The fourth-order valence-corrected chi connectivity index (χ4v) is 3.70. The van der Waals surface area contributed by atoms with E-state index in [-0.39, 0.29) is 5.56 Å². The number of aromatic nitrogens is 4. The van der Waals surface area contributed by atoms with Crippen LogP contribution in [0.15, 0.2) is 59.8 Å². The summed E-state index contributed by atoms with van der Waals surface area (Å²) in [6.45, 7) is 2.91. The molecule has 3 aromatic heterocycles. The Morgan fingerprint density at radius 3 is 2.67 bits per heavy atom. The maximum atomic E-state index is 13.0. The maximum Gasteiger partial charge on any atom is 0.259 e. The van der Waals surface area contributed by atoms with Crippen molar-refractivity contribution >= 4 is 17.4 Å². The van der Waals surface area contributed by atoms with Crippen molar-refractivity contribution in [3.05, 3.63) is 70.4 Å². The Bertz CT molecular complexity index is 1230. The standard InChI is InChI=1S/C23H23ClN4O2/c1-3-4-5-12-27-20(18-14-25-11-10-21(18)30-2)13-22(29)28-15-19(26-23(27)28)16-6-8-17(24)9-7-16/h6-11,13-15H,3-5,12H2,1-2H3. The van der Waals surface area contributed by atoms with Gasteiger partial charge in [-0.2, -0.15) is 0 Å². The van der Waals surface area contributed by atoms with Gasteiger partial charge in [0.05, 0.1) is 24.1 Å². The van der Waals surface area contributed by atoms with E-state index < -0.39 is 0 Å². The number of imidazole rings is 1. The maximum absolute atomic E-state index is 13.0. The highest BCUT2D eigenvalue weighted by Crippen LogP contribution is 2.30. The molecule has 0 spiro atoms. The summed E-state index contributed by atoms with van der Waals surface area (Å²) in [7, 11) is 1.62. The largest absolute Gasteiger partial charge is 0.496 e. The van der Waals surface area contributed by atoms with Crippen molar-refractivity contribution in [1.82, 2.24) is 18.9 Å². The number of hydrogen-bond donors (Lipinski definition) is 0. The lowest BCUT2D eigenvalue weighted by Crippen LogP contribution is -2.19. The van der Waals surface area contributed by atoms with E-state index in [0.29, 0.717) is 16.5 Å². The lowest BCUT2D eigenvalue weighted by Gasteiger charge is -2.16. The lowest BCUT2D eigenvalue weighted by atomic mass is 10.1. The van der Waals surface area contributed by atoms with Crippen LogP contribution in [0.25, 0.3) is 28.3 Å². The molecule has 154 valence electrons. The van der Waals surface area contributed by atoms with E-state index in [1.807, 2.05) is 24.3 Å². The van der Waals surface area contributed by atoms with Gasteiger partial charge in [-0.15, -0.1) is 0 Å². The Morgan fingerprint density at radius 2 is 1.93 bits per heavy atom. The Labute approximate surface area is 179 Å². The van der Waals surface area contributed by atoms with Crippen LogP contribution in [0.3, 0.4) is 0 Å². The van der Waals surface area contributed by atoms with E-state index >= 15 is 0 Å². The summed E-state index contributed by atoms with van der Waals surface area (Å²) < 4.78 is 9.20. The minimum atomic E-state index is -0.148. The predicted molar refractivity (Wildman–Crippen MR) is 119 cm³/mol. The summed E-state index contributed by atoms with van der Waals surface area (Å²) in [5.41, 5.74) is 3.01. The zero-order valence-electron chi connectivity index (χ0n) is 17.0. The number of rotatable bonds is 7. The summed E-state index contributed by atoms with van der Waals surface area (Å²) in [5, 5.41) is 0.660. The van der Waals surface area contributed by atoms with Gasteiger partial charge in [-0.25, -0.2) is 4.98 Å². The molecule has 6 nitrogen and oxygen atoms in total. The van der Waals surface area contributed by atoms with Crippen LogP contribution in [0.5, 0.6) is 5.75 Å². The number of benzene rings is 1. The number of pyridine rings is 1. The average Bonchev–Trinajstić information content (AvgIpc) is 3.22. The zero-order chi connectivity index (χ0) is 21.1. The molecule has 1 aromatic carbocycles. The molecule has 3 heterocycles. The van der Waals surface area contributed by atoms with Crippen LogP contribution in [0, 0.1) is 0 Å². The smallest absolute Gasteiger partial charge is 0.259 e. The van der Waals surface area contributed by atoms with Gasteiger partial charge in [0, 0.05) is 41.8 Å². The van der Waals surface area contributed by atoms with E-state index in [1.165, 1.54) is 0 Å². The molecule has 0 saturated heterocycles. The highest BCUT2D eigenvalue weighted by Gasteiger charge is 2.17. The minimum absolute atomic E-state index is 0.148. The summed E-state index contributed by atoms with van der Waals surface area (Å²) in [6, 6.07) is 10.9. The molecule has 0 N–H and O–H groups in total. The predicted octanol–water partition coefficient (Wildman–Crippen LogP) is 5.08. The normalized spacial score (nSPS) is 11.2. The highest BCUT2D eigenvalue weighted by atomic mass is 35.5. The number of hydrogen-bond acceptors (Lipinski definition) is 4. The Morgan fingerprint density at radius 1 is 1.13 bits per heavy atom. The molecule has 0 saturated carbocycles. The van der Waals surface area contributed by atoms with E-state index in [1.54, 1.807) is 42.2 Å². The molecular weight excluding hydrogens is 400 g/mol. The van der Waals surface area contributed by atoms with Crippen molar-refractivity contribution in [1.29, 1.82) is 0 Å². The summed E-state index contributed by atoms with van der Waals surface area (Å²) in [6.07, 6.45) is 8.35. The fraction of sp³-hybridized carbons (Fsp3) is 0.261. The van der Waals surface area contributed by atoms with E-state index in [4.69, 9.17) is 21.3 Å². The molecule has 0 radical (unpaired) electrons. The van der Waals surface area contributed by atoms with Gasteiger partial charge in [0.1, 0.15) is 5.75 Å². The molecule has 30 heavy (non-hydrogen) atoms. The third kappa shape index (κ3) is 3.83. The third-order valence-electron chi connectivity index (χ3n) is 5.12. The second-order valence-electron chi connectivity index (χ2n) is 7.11. The molecule has 0 unspecified atom stereocenters.